The van der Waals surface area contributed by atoms with E-state index in [1.807, 2.05) is 43.3 Å². The molecule has 3 N–H and O–H groups in total. The van der Waals surface area contributed by atoms with Crippen molar-refractivity contribution in [2.75, 3.05) is 12.4 Å². The van der Waals surface area contributed by atoms with E-state index in [1.165, 1.54) is 0 Å². The van der Waals surface area contributed by atoms with Gasteiger partial charge >= 0.3 is 0 Å². The Morgan fingerprint density at radius 2 is 2.04 bits per heavy atom. The molecule has 0 aliphatic rings. The monoisotopic (exact) mass is 387 g/mol. The average Bonchev–Trinajstić information content (AvgIpc) is 3.04. The van der Waals surface area contributed by atoms with Crippen molar-refractivity contribution in [3.05, 3.63) is 60.3 Å². The van der Waals surface area contributed by atoms with Crippen LogP contribution in [0.4, 0.5) is 5.69 Å². The second-order valence-electron chi connectivity index (χ2n) is 6.45. The molecule has 6 heteroatoms. The van der Waals surface area contributed by atoms with Gasteiger partial charge in [0.1, 0.15) is 5.75 Å². The van der Waals surface area contributed by atoms with Crippen molar-refractivity contribution < 1.29 is 9.53 Å². The van der Waals surface area contributed by atoms with Crippen LogP contribution in [0, 0.1) is 0 Å². The van der Waals surface area contributed by atoms with Gasteiger partial charge in [0.15, 0.2) is 0 Å². The maximum absolute atomic E-state index is 12.2. The first-order valence-corrected chi connectivity index (χ1v) is 8.89. The van der Waals surface area contributed by atoms with Gasteiger partial charge in [0.2, 0.25) is 5.91 Å². The molecule has 144 valence electrons. The van der Waals surface area contributed by atoms with Crippen LogP contribution in [0.5, 0.6) is 5.75 Å². The smallest absolute Gasteiger partial charge is 0.241 e. The fourth-order valence-corrected chi connectivity index (χ4v) is 3.04. The van der Waals surface area contributed by atoms with Crippen molar-refractivity contribution in [2.45, 2.75) is 32.4 Å². The summed E-state index contributed by atoms with van der Waals surface area (Å²) < 4.78 is 7.46. The number of hydrogen-bond acceptors (Lipinski definition) is 3. The molecule has 0 radical (unpaired) electrons. The van der Waals surface area contributed by atoms with Crippen molar-refractivity contribution in [1.29, 1.82) is 0 Å². The van der Waals surface area contributed by atoms with E-state index in [-0.39, 0.29) is 18.3 Å². The van der Waals surface area contributed by atoms with Gasteiger partial charge in [-0.1, -0.05) is 31.5 Å². The van der Waals surface area contributed by atoms with Gasteiger partial charge in [0, 0.05) is 18.4 Å². The van der Waals surface area contributed by atoms with Crippen LogP contribution in [0.1, 0.15) is 25.3 Å². The number of carbonyl (C=O) groups excluding carboxylic acids is 1. The predicted molar refractivity (Wildman–Crippen MR) is 113 cm³/mol. The summed E-state index contributed by atoms with van der Waals surface area (Å²) in [5, 5.41) is 4.05. The molecule has 3 rings (SSSR count). The van der Waals surface area contributed by atoms with Crippen molar-refractivity contribution in [3.63, 3.8) is 0 Å². The van der Waals surface area contributed by atoms with Crippen LogP contribution < -0.4 is 15.8 Å². The van der Waals surface area contributed by atoms with Crippen LogP contribution in [0.25, 0.3) is 10.9 Å². The number of methoxy groups -OCH3 is 1. The molecule has 0 saturated heterocycles. The van der Waals surface area contributed by atoms with Crippen LogP contribution in [-0.2, 0) is 11.3 Å². The van der Waals surface area contributed by atoms with Gasteiger partial charge in [-0.2, -0.15) is 0 Å². The standard InChI is InChI=1S/C21H25N3O2.ClH/c1-3-5-19(22)21(25)23-17-9-8-16-10-11-24(20(16)13-17)14-15-6-4-7-18(12-15)26-2;/h4,6-13,19H,3,5,14,22H2,1-2H3,(H,23,25);1H. The second-order valence-corrected chi connectivity index (χ2v) is 6.45. The summed E-state index contributed by atoms with van der Waals surface area (Å²) in [5.41, 5.74) is 8.88. The Kier molecular flexibility index (Phi) is 7.28. The summed E-state index contributed by atoms with van der Waals surface area (Å²) in [6.07, 6.45) is 3.62. The summed E-state index contributed by atoms with van der Waals surface area (Å²) in [6.45, 7) is 2.75. The minimum Gasteiger partial charge on any atom is -0.497 e. The van der Waals surface area contributed by atoms with Crippen LogP contribution in [-0.4, -0.2) is 23.6 Å². The van der Waals surface area contributed by atoms with Gasteiger partial charge in [-0.15, -0.1) is 12.4 Å². The zero-order chi connectivity index (χ0) is 18.5. The Labute approximate surface area is 165 Å². The fourth-order valence-electron chi connectivity index (χ4n) is 3.04. The molecule has 5 nitrogen and oxygen atoms in total. The highest BCUT2D eigenvalue weighted by atomic mass is 35.5. The van der Waals surface area contributed by atoms with Gasteiger partial charge in [-0.3, -0.25) is 4.79 Å². The van der Waals surface area contributed by atoms with Crippen LogP contribution in [0.2, 0.25) is 0 Å². The first-order valence-electron chi connectivity index (χ1n) is 8.89. The summed E-state index contributed by atoms with van der Waals surface area (Å²) >= 11 is 0. The van der Waals surface area contributed by atoms with Gasteiger partial charge in [-0.05, 0) is 47.7 Å². The van der Waals surface area contributed by atoms with Gasteiger partial charge in [0.25, 0.3) is 0 Å². The van der Waals surface area contributed by atoms with E-state index in [4.69, 9.17) is 10.5 Å². The number of carbonyl (C=O) groups is 1. The van der Waals surface area contributed by atoms with Crippen LogP contribution >= 0.6 is 12.4 Å². The molecule has 0 bridgehead atoms. The zero-order valence-electron chi connectivity index (χ0n) is 15.6. The lowest BCUT2D eigenvalue weighted by molar-refractivity contribution is -0.117. The van der Waals surface area contributed by atoms with E-state index in [0.717, 1.165) is 40.9 Å². The van der Waals surface area contributed by atoms with Gasteiger partial charge in [0.05, 0.1) is 18.7 Å². The number of halogens is 1. The molecule has 0 spiro atoms. The SMILES string of the molecule is CCCC(N)C(=O)Nc1ccc2ccn(Cc3cccc(OC)c3)c2c1.Cl. The molecular formula is C21H26ClN3O2. The maximum Gasteiger partial charge on any atom is 0.241 e. The van der Waals surface area contributed by atoms with Crippen molar-refractivity contribution in [1.82, 2.24) is 4.57 Å². The second kappa shape index (κ2) is 9.44. The normalized spacial score (nSPS) is 11.7. The number of anilines is 1. The number of ether oxygens (including phenoxy) is 1. The number of amides is 1. The quantitative estimate of drug-likeness (QED) is 0.638. The number of hydrogen-bond donors (Lipinski definition) is 2. The van der Waals surface area contributed by atoms with Crippen LogP contribution in [0.15, 0.2) is 54.7 Å². The Balaban J connectivity index is 0.00000261. The molecule has 0 fully saturated rings. The Bertz CT molecular complexity index is 907. The molecular weight excluding hydrogens is 362 g/mol. The number of aromatic nitrogens is 1. The first kappa shape index (κ1) is 20.8. The maximum atomic E-state index is 12.2. The van der Waals surface area contributed by atoms with Gasteiger partial charge in [-0.25, -0.2) is 0 Å². The lowest BCUT2D eigenvalue weighted by Gasteiger charge is -2.12. The van der Waals surface area contributed by atoms with Crippen molar-refractivity contribution >= 4 is 34.9 Å². The summed E-state index contributed by atoms with van der Waals surface area (Å²) in [7, 11) is 1.67. The van der Waals surface area contributed by atoms with Crippen LogP contribution in [0.3, 0.4) is 0 Å². The van der Waals surface area contributed by atoms with Crippen molar-refractivity contribution in [2.24, 2.45) is 5.73 Å². The minimum atomic E-state index is -0.473. The molecule has 0 aliphatic carbocycles. The Hall–Kier alpha value is -2.50. The summed E-state index contributed by atoms with van der Waals surface area (Å²) in [4.78, 5) is 12.2. The average molecular weight is 388 g/mol. The van der Waals surface area contributed by atoms with E-state index >= 15 is 0 Å². The molecule has 2 aromatic carbocycles. The topological polar surface area (TPSA) is 69.3 Å². The third kappa shape index (κ3) is 5.02. The van der Waals surface area contributed by atoms with E-state index in [1.54, 1.807) is 7.11 Å². The molecule has 1 atom stereocenters. The van der Waals surface area contributed by atoms with E-state index in [9.17, 15) is 4.79 Å². The minimum absolute atomic E-state index is 0. The predicted octanol–water partition coefficient (Wildman–Crippen LogP) is 4.19. The molecule has 1 heterocycles. The molecule has 1 amide bonds. The molecule has 1 unspecified atom stereocenters. The highest BCUT2D eigenvalue weighted by Crippen LogP contribution is 2.23. The molecule has 1 aromatic heterocycles. The van der Waals surface area contributed by atoms with Crippen molar-refractivity contribution in [3.8, 4) is 5.75 Å². The fraction of sp³-hybridized carbons (Fsp3) is 0.286. The van der Waals surface area contributed by atoms with E-state index < -0.39 is 6.04 Å². The number of nitrogens with zero attached hydrogens (tertiary/aromatic N) is 1. The first-order chi connectivity index (χ1) is 12.6. The number of fused-ring (bicyclic) bond motifs is 1. The number of rotatable bonds is 7. The lowest BCUT2D eigenvalue weighted by atomic mass is 10.1. The Morgan fingerprint density at radius 3 is 2.78 bits per heavy atom. The third-order valence-electron chi connectivity index (χ3n) is 4.46. The lowest BCUT2D eigenvalue weighted by Crippen LogP contribution is -2.35. The van der Waals surface area contributed by atoms with E-state index in [0.29, 0.717) is 6.42 Å². The Morgan fingerprint density at radius 1 is 1.22 bits per heavy atom. The molecule has 0 saturated carbocycles. The zero-order valence-corrected chi connectivity index (χ0v) is 16.5. The summed E-state index contributed by atoms with van der Waals surface area (Å²) in [5.74, 6) is 0.703. The number of nitrogens with two attached hydrogens (primary N) is 1. The number of nitrogens with one attached hydrogen (secondary N) is 1. The molecule has 27 heavy (non-hydrogen) atoms. The van der Waals surface area contributed by atoms with Gasteiger partial charge < -0.3 is 20.4 Å². The summed E-state index contributed by atoms with van der Waals surface area (Å²) in [6, 6.07) is 15.5. The highest BCUT2D eigenvalue weighted by Gasteiger charge is 2.13. The largest absolute Gasteiger partial charge is 0.497 e. The number of benzene rings is 2. The van der Waals surface area contributed by atoms with E-state index in [2.05, 4.69) is 28.2 Å². The highest BCUT2D eigenvalue weighted by molar-refractivity contribution is 5.96. The molecule has 0 aliphatic heterocycles. The molecule has 3 aromatic rings. The third-order valence-corrected chi connectivity index (χ3v) is 4.46.